The second kappa shape index (κ2) is 10.2. The molecule has 1 amide bonds. The number of aryl methyl sites for hydroxylation is 2. The molecule has 150 valence electrons. The minimum Gasteiger partial charge on any atom is -0.481 e. The van der Waals surface area contributed by atoms with E-state index in [2.05, 4.69) is 53.5 Å². The van der Waals surface area contributed by atoms with Crippen LogP contribution in [0.15, 0.2) is 48.5 Å². The van der Waals surface area contributed by atoms with Gasteiger partial charge < -0.3 is 15.0 Å². The Hall–Kier alpha value is -2.49. The van der Waals surface area contributed by atoms with Gasteiger partial charge in [-0.3, -0.25) is 4.79 Å². The molecule has 4 heteroatoms. The largest absolute Gasteiger partial charge is 0.481 e. The predicted octanol–water partition coefficient (Wildman–Crippen LogP) is 4.37. The maximum Gasteiger partial charge on any atom is 0.261 e. The van der Waals surface area contributed by atoms with Gasteiger partial charge in [0.25, 0.3) is 5.91 Å². The second-order valence-electron chi connectivity index (χ2n) is 7.38. The Kier molecular flexibility index (Phi) is 7.35. The lowest BCUT2D eigenvalue weighted by Crippen LogP contribution is -2.39. The summed E-state index contributed by atoms with van der Waals surface area (Å²) in [5.41, 5.74) is 4.06. The number of amides is 1. The Morgan fingerprint density at radius 1 is 1.14 bits per heavy atom. The summed E-state index contributed by atoms with van der Waals surface area (Å²) in [5.74, 6) is 0.727. The van der Waals surface area contributed by atoms with Gasteiger partial charge in [-0.25, -0.2) is 0 Å². The highest BCUT2D eigenvalue weighted by molar-refractivity contribution is 5.81. The molecule has 0 aliphatic carbocycles. The number of anilines is 1. The topological polar surface area (TPSA) is 41.6 Å². The number of nitrogens with one attached hydrogen (secondary N) is 1. The third kappa shape index (κ3) is 5.28. The van der Waals surface area contributed by atoms with E-state index in [0.29, 0.717) is 13.0 Å². The monoisotopic (exact) mass is 380 g/mol. The Morgan fingerprint density at radius 2 is 1.93 bits per heavy atom. The Morgan fingerprint density at radius 3 is 2.68 bits per heavy atom. The lowest BCUT2D eigenvalue weighted by atomic mass is 10.0. The molecule has 0 spiro atoms. The molecule has 0 radical (unpaired) electrons. The Balaban J connectivity index is 1.44. The number of fused-ring (bicyclic) bond motifs is 1. The molecule has 1 aliphatic heterocycles. The van der Waals surface area contributed by atoms with E-state index in [9.17, 15) is 4.79 Å². The highest BCUT2D eigenvalue weighted by Gasteiger charge is 2.19. The van der Waals surface area contributed by atoms with Crippen molar-refractivity contribution in [1.29, 1.82) is 0 Å². The average molecular weight is 381 g/mol. The molecule has 0 bridgehead atoms. The predicted molar refractivity (Wildman–Crippen MR) is 115 cm³/mol. The van der Waals surface area contributed by atoms with Crippen molar-refractivity contribution >= 4 is 11.6 Å². The highest BCUT2D eigenvalue weighted by atomic mass is 16.5. The first-order valence-electron chi connectivity index (χ1n) is 10.6. The van der Waals surface area contributed by atoms with Crippen LogP contribution in [0, 0.1) is 0 Å². The zero-order valence-electron chi connectivity index (χ0n) is 17.1. The number of hydrogen-bond donors (Lipinski definition) is 1. The molecule has 3 rings (SSSR count). The summed E-state index contributed by atoms with van der Waals surface area (Å²) in [7, 11) is 0. The fourth-order valence-corrected chi connectivity index (χ4v) is 3.73. The van der Waals surface area contributed by atoms with Crippen molar-refractivity contribution in [2.24, 2.45) is 0 Å². The van der Waals surface area contributed by atoms with Gasteiger partial charge in [-0.1, -0.05) is 44.2 Å². The van der Waals surface area contributed by atoms with Crippen molar-refractivity contribution in [3.05, 3.63) is 59.7 Å². The third-order valence-electron chi connectivity index (χ3n) is 5.38. The first-order valence-corrected chi connectivity index (χ1v) is 10.6. The summed E-state index contributed by atoms with van der Waals surface area (Å²) in [6.45, 7) is 6.84. The van der Waals surface area contributed by atoms with Gasteiger partial charge in [-0.05, 0) is 61.4 Å². The molecule has 2 aromatic rings. The van der Waals surface area contributed by atoms with E-state index in [1.54, 1.807) is 0 Å². The summed E-state index contributed by atoms with van der Waals surface area (Å²) in [5, 5.41) is 3.05. The molecule has 4 nitrogen and oxygen atoms in total. The fraction of sp³-hybridized carbons (Fsp3) is 0.458. The maximum absolute atomic E-state index is 12.5. The summed E-state index contributed by atoms with van der Waals surface area (Å²) in [6, 6.07) is 16.6. The number of para-hydroxylation sites is 1. The molecule has 1 N–H and O–H groups in total. The zero-order chi connectivity index (χ0) is 19.8. The van der Waals surface area contributed by atoms with Crippen LogP contribution in [0.1, 0.15) is 44.2 Å². The van der Waals surface area contributed by atoms with Gasteiger partial charge in [0, 0.05) is 25.3 Å². The van der Waals surface area contributed by atoms with Gasteiger partial charge in [0.15, 0.2) is 6.10 Å². The SMILES string of the molecule is CCc1ccc(OC(CC)C(=O)NCCCN2CCCc3ccccc32)cc1. The first kappa shape index (κ1) is 20.2. The Labute approximate surface area is 168 Å². The van der Waals surface area contributed by atoms with Crippen molar-refractivity contribution in [3.63, 3.8) is 0 Å². The van der Waals surface area contributed by atoms with Crippen molar-refractivity contribution in [3.8, 4) is 5.75 Å². The zero-order valence-corrected chi connectivity index (χ0v) is 17.1. The maximum atomic E-state index is 12.5. The summed E-state index contributed by atoms with van der Waals surface area (Å²) in [6.07, 6.45) is 4.51. The quantitative estimate of drug-likeness (QED) is 0.657. The molecule has 0 saturated heterocycles. The van der Waals surface area contributed by atoms with Crippen LogP contribution in [-0.2, 0) is 17.6 Å². The van der Waals surface area contributed by atoms with Crippen molar-refractivity contribution in [2.75, 3.05) is 24.5 Å². The van der Waals surface area contributed by atoms with Crippen molar-refractivity contribution < 1.29 is 9.53 Å². The van der Waals surface area contributed by atoms with E-state index in [1.807, 2.05) is 19.1 Å². The standard InChI is InChI=1S/C24H32N2O2/c1-3-19-12-14-21(15-13-19)28-23(4-2)24(27)25-16-8-18-26-17-7-10-20-9-5-6-11-22(20)26/h5-6,9,11-15,23H,3-4,7-8,10,16-18H2,1-2H3,(H,25,27). The van der Waals surface area contributed by atoms with Crippen LogP contribution >= 0.6 is 0 Å². The molecular formula is C24H32N2O2. The molecule has 0 fully saturated rings. The van der Waals surface area contributed by atoms with Gasteiger partial charge in [-0.2, -0.15) is 0 Å². The fourth-order valence-electron chi connectivity index (χ4n) is 3.73. The van der Waals surface area contributed by atoms with E-state index >= 15 is 0 Å². The van der Waals surface area contributed by atoms with E-state index in [0.717, 1.165) is 38.1 Å². The molecule has 1 atom stereocenters. The molecular weight excluding hydrogens is 348 g/mol. The molecule has 0 aromatic heterocycles. The summed E-state index contributed by atoms with van der Waals surface area (Å²) < 4.78 is 5.90. The normalized spacial score (nSPS) is 14.3. The van der Waals surface area contributed by atoms with Gasteiger partial charge in [0.2, 0.25) is 0 Å². The van der Waals surface area contributed by atoms with Crippen molar-refractivity contribution in [2.45, 2.75) is 52.1 Å². The van der Waals surface area contributed by atoms with Crippen LogP contribution in [0.3, 0.4) is 0 Å². The lowest BCUT2D eigenvalue weighted by Gasteiger charge is -2.31. The average Bonchev–Trinajstić information content (AvgIpc) is 2.75. The highest BCUT2D eigenvalue weighted by Crippen LogP contribution is 2.26. The van der Waals surface area contributed by atoms with Gasteiger partial charge in [-0.15, -0.1) is 0 Å². The third-order valence-corrected chi connectivity index (χ3v) is 5.38. The molecule has 0 saturated carbocycles. The number of nitrogens with zero attached hydrogens (tertiary/aromatic N) is 1. The van der Waals surface area contributed by atoms with Gasteiger partial charge >= 0.3 is 0 Å². The molecule has 1 unspecified atom stereocenters. The van der Waals surface area contributed by atoms with Gasteiger partial charge in [0.05, 0.1) is 0 Å². The number of hydrogen-bond acceptors (Lipinski definition) is 3. The minimum absolute atomic E-state index is 0.0267. The molecule has 1 aliphatic rings. The van der Waals surface area contributed by atoms with Crippen LogP contribution in [0.25, 0.3) is 0 Å². The summed E-state index contributed by atoms with van der Waals surface area (Å²) >= 11 is 0. The van der Waals surface area contributed by atoms with Crippen LogP contribution in [0.5, 0.6) is 5.75 Å². The molecule has 1 heterocycles. The smallest absolute Gasteiger partial charge is 0.261 e. The summed E-state index contributed by atoms with van der Waals surface area (Å²) in [4.78, 5) is 14.9. The molecule has 28 heavy (non-hydrogen) atoms. The number of benzene rings is 2. The number of ether oxygens (including phenoxy) is 1. The number of rotatable bonds is 9. The van der Waals surface area contributed by atoms with Crippen LogP contribution < -0.4 is 15.0 Å². The van der Waals surface area contributed by atoms with E-state index in [-0.39, 0.29) is 5.91 Å². The minimum atomic E-state index is -0.441. The van der Waals surface area contributed by atoms with Crippen LogP contribution in [0.4, 0.5) is 5.69 Å². The first-order chi connectivity index (χ1) is 13.7. The number of carbonyl (C=O) groups is 1. The lowest BCUT2D eigenvalue weighted by molar-refractivity contribution is -0.128. The van der Waals surface area contributed by atoms with E-state index < -0.39 is 6.10 Å². The van der Waals surface area contributed by atoms with Crippen LogP contribution in [-0.4, -0.2) is 31.6 Å². The van der Waals surface area contributed by atoms with Gasteiger partial charge in [0.1, 0.15) is 5.75 Å². The molecule has 2 aromatic carbocycles. The van der Waals surface area contributed by atoms with Crippen LogP contribution in [0.2, 0.25) is 0 Å². The van der Waals surface area contributed by atoms with E-state index in [4.69, 9.17) is 4.74 Å². The number of carbonyl (C=O) groups excluding carboxylic acids is 1. The Bertz CT molecular complexity index is 757. The van der Waals surface area contributed by atoms with Crippen molar-refractivity contribution in [1.82, 2.24) is 5.32 Å². The second-order valence-corrected chi connectivity index (χ2v) is 7.38. The van der Waals surface area contributed by atoms with E-state index in [1.165, 1.54) is 23.2 Å².